The molecule has 2 aromatic rings. The highest BCUT2D eigenvalue weighted by Crippen LogP contribution is 2.25. The zero-order valence-corrected chi connectivity index (χ0v) is 13.7. The number of aryl methyl sites for hydroxylation is 1. The van der Waals surface area contributed by atoms with E-state index in [4.69, 9.17) is 16.6 Å². The molecule has 3 nitrogen and oxygen atoms in total. The molecule has 1 aromatic carbocycles. The SMILES string of the molecule is CC(C)n1c(CCC2CCCCN2)nc2cc(Cl)ccc21. The molecule has 4 heteroatoms. The second-order valence-corrected chi connectivity index (χ2v) is 6.75. The zero-order chi connectivity index (χ0) is 14.8. The second kappa shape index (κ2) is 6.37. The molecule has 0 amide bonds. The molecule has 1 atom stereocenters. The third-order valence-corrected chi connectivity index (χ3v) is 4.60. The van der Waals surface area contributed by atoms with Gasteiger partial charge >= 0.3 is 0 Å². The first kappa shape index (κ1) is 14.9. The van der Waals surface area contributed by atoms with Crippen LogP contribution in [0.4, 0.5) is 0 Å². The molecular formula is C17H24ClN3. The van der Waals surface area contributed by atoms with Crippen LogP contribution in [0.3, 0.4) is 0 Å². The van der Waals surface area contributed by atoms with Crippen molar-refractivity contribution >= 4 is 22.6 Å². The maximum atomic E-state index is 6.10. The van der Waals surface area contributed by atoms with Gasteiger partial charge in [-0.3, -0.25) is 0 Å². The Morgan fingerprint density at radius 3 is 2.95 bits per heavy atom. The summed E-state index contributed by atoms with van der Waals surface area (Å²) >= 11 is 6.10. The minimum Gasteiger partial charge on any atom is -0.325 e. The Kier molecular flexibility index (Phi) is 4.51. The van der Waals surface area contributed by atoms with Crippen LogP contribution in [-0.4, -0.2) is 22.1 Å². The summed E-state index contributed by atoms with van der Waals surface area (Å²) in [5, 5.41) is 4.38. The smallest absolute Gasteiger partial charge is 0.110 e. The fourth-order valence-electron chi connectivity index (χ4n) is 3.35. The van der Waals surface area contributed by atoms with E-state index in [-0.39, 0.29) is 0 Å². The van der Waals surface area contributed by atoms with E-state index in [9.17, 15) is 0 Å². The van der Waals surface area contributed by atoms with Gasteiger partial charge in [-0.05, 0) is 57.9 Å². The summed E-state index contributed by atoms with van der Waals surface area (Å²) in [6.07, 6.45) is 6.17. The molecule has 21 heavy (non-hydrogen) atoms. The van der Waals surface area contributed by atoms with Crippen LogP contribution < -0.4 is 5.32 Å². The lowest BCUT2D eigenvalue weighted by Gasteiger charge is -2.23. The number of benzene rings is 1. The summed E-state index contributed by atoms with van der Waals surface area (Å²) in [6, 6.07) is 7.09. The number of hydrogen-bond acceptors (Lipinski definition) is 2. The number of hydrogen-bond donors (Lipinski definition) is 1. The number of rotatable bonds is 4. The molecule has 1 aromatic heterocycles. The highest BCUT2D eigenvalue weighted by Gasteiger charge is 2.17. The van der Waals surface area contributed by atoms with Crippen LogP contribution in [-0.2, 0) is 6.42 Å². The largest absolute Gasteiger partial charge is 0.325 e. The monoisotopic (exact) mass is 305 g/mol. The van der Waals surface area contributed by atoms with Gasteiger partial charge in [-0.25, -0.2) is 4.98 Å². The zero-order valence-electron chi connectivity index (χ0n) is 12.9. The average molecular weight is 306 g/mol. The topological polar surface area (TPSA) is 29.9 Å². The van der Waals surface area contributed by atoms with Crippen molar-refractivity contribution in [1.29, 1.82) is 0 Å². The Labute approximate surface area is 131 Å². The minimum absolute atomic E-state index is 0.422. The summed E-state index contributed by atoms with van der Waals surface area (Å²) in [7, 11) is 0. The highest BCUT2D eigenvalue weighted by atomic mass is 35.5. The summed E-state index contributed by atoms with van der Waals surface area (Å²) in [6.45, 7) is 5.61. The molecule has 0 aliphatic carbocycles. The molecule has 1 saturated heterocycles. The van der Waals surface area contributed by atoms with Gasteiger partial charge in [-0.15, -0.1) is 0 Å². The number of aromatic nitrogens is 2. The van der Waals surface area contributed by atoms with Gasteiger partial charge in [0.2, 0.25) is 0 Å². The molecule has 0 saturated carbocycles. The summed E-state index contributed by atoms with van der Waals surface area (Å²) in [5.41, 5.74) is 2.21. The standard InChI is InChI=1S/C17H24ClN3/c1-12(2)21-16-8-6-13(18)11-15(16)20-17(21)9-7-14-5-3-4-10-19-14/h6,8,11-12,14,19H,3-5,7,9-10H2,1-2H3. The summed E-state index contributed by atoms with van der Waals surface area (Å²) in [5.74, 6) is 1.19. The maximum absolute atomic E-state index is 6.10. The van der Waals surface area contributed by atoms with Crippen LogP contribution in [0.2, 0.25) is 5.02 Å². The average Bonchev–Trinajstić information content (AvgIpc) is 2.83. The number of piperidine rings is 1. The van der Waals surface area contributed by atoms with Gasteiger partial charge in [0.05, 0.1) is 11.0 Å². The Hall–Kier alpha value is -1.06. The van der Waals surface area contributed by atoms with Gasteiger partial charge in [0.25, 0.3) is 0 Å². The number of imidazole rings is 1. The molecular weight excluding hydrogens is 282 g/mol. The molecule has 1 N–H and O–H groups in total. The van der Waals surface area contributed by atoms with E-state index in [2.05, 4.69) is 29.8 Å². The quantitative estimate of drug-likeness (QED) is 0.910. The van der Waals surface area contributed by atoms with Gasteiger partial charge < -0.3 is 9.88 Å². The van der Waals surface area contributed by atoms with Gasteiger partial charge in [0, 0.05) is 23.5 Å². The lowest BCUT2D eigenvalue weighted by Crippen LogP contribution is -2.34. The molecule has 1 aliphatic rings. The van der Waals surface area contributed by atoms with Gasteiger partial charge in [0.1, 0.15) is 5.82 Å². The molecule has 1 fully saturated rings. The Morgan fingerprint density at radius 1 is 1.38 bits per heavy atom. The van der Waals surface area contributed by atoms with E-state index < -0.39 is 0 Å². The molecule has 0 spiro atoms. The third-order valence-electron chi connectivity index (χ3n) is 4.37. The van der Waals surface area contributed by atoms with Crippen LogP contribution in [0.5, 0.6) is 0 Å². The molecule has 0 radical (unpaired) electrons. The second-order valence-electron chi connectivity index (χ2n) is 6.31. The van der Waals surface area contributed by atoms with E-state index in [1.165, 1.54) is 43.6 Å². The Morgan fingerprint density at radius 2 is 2.24 bits per heavy atom. The molecule has 2 heterocycles. The van der Waals surface area contributed by atoms with Gasteiger partial charge in [-0.1, -0.05) is 18.0 Å². The first-order valence-electron chi connectivity index (χ1n) is 8.05. The van der Waals surface area contributed by atoms with Crippen LogP contribution in [0.1, 0.15) is 51.4 Å². The van der Waals surface area contributed by atoms with Gasteiger partial charge in [0.15, 0.2) is 0 Å². The van der Waals surface area contributed by atoms with Crippen molar-refractivity contribution in [2.45, 2.75) is 58.0 Å². The van der Waals surface area contributed by atoms with Crippen molar-refractivity contribution in [3.8, 4) is 0 Å². The predicted octanol–water partition coefficient (Wildman–Crippen LogP) is 4.35. The first-order valence-corrected chi connectivity index (χ1v) is 8.42. The lowest BCUT2D eigenvalue weighted by molar-refractivity contribution is 0.378. The Bertz CT molecular complexity index is 612. The predicted molar refractivity (Wildman–Crippen MR) is 89.1 cm³/mol. The van der Waals surface area contributed by atoms with Crippen molar-refractivity contribution in [2.24, 2.45) is 0 Å². The van der Waals surface area contributed by atoms with Crippen LogP contribution >= 0.6 is 11.6 Å². The first-order chi connectivity index (χ1) is 10.1. The Balaban J connectivity index is 1.84. The number of halogens is 1. The third kappa shape index (κ3) is 3.24. The summed E-state index contributed by atoms with van der Waals surface area (Å²) < 4.78 is 2.36. The maximum Gasteiger partial charge on any atom is 0.110 e. The van der Waals surface area contributed by atoms with Crippen molar-refractivity contribution < 1.29 is 0 Å². The minimum atomic E-state index is 0.422. The number of fused-ring (bicyclic) bond motifs is 1. The molecule has 1 unspecified atom stereocenters. The van der Waals surface area contributed by atoms with Crippen molar-refractivity contribution in [1.82, 2.24) is 14.9 Å². The van der Waals surface area contributed by atoms with E-state index in [0.29, 0.717) is 12.1 Å². The van der Waals surface area contributed by atoms with E-state index in [0.717, 1.165) is 17.0 Å². The molecule has 1 aliphatic heterocycles. The molecule has 3 rings (SSSR count). The molecule has 114 valence electrons. The number of nitrogens with one attached hydrogen (secondary N) is 1. The number of nitrogens with zero attached hydrogens (tertiary/aromatic N) is 2. The fourth-order valence-corrected chi connectivity index (χ4v) is 3.51. The summed E-state index contributed by atoms with van der Waals surface area (Å²) in [4.78, 5) is 4.83. The fraction of sp³-hybridized carbons (Fsp3) is 0.588. The van der Waals surface area contributed by atoms with E-state index in [1.807, 2.05) is 12.1 Å². The highest BCUT2D eigenvalue weighted by molar-refractivity contribution is 6.31. The molecule has 0 bridgehead atoms. The lowest BCUT2D eigenvalue weighted by atomic mass is 10.0. The van der Waals surface area contributed by atoms with E-state index >= 15 is 0 Å². The normalized spacial score (nSPS) is 19.5. The van der Waals surface area contributed by atoms with Crippen molar-refractivity contribution in [2.75, 3.05) is 6.54 Å². The van der Waals surface area contributed by atoms with Crippen LogP contribution in [0.15, 0.2) is 18.2 Å². The van der Waals surface area contributed by atoms with Crippen LogP contribution in [0, 0.1) is 0 Å². The van der Waals surface area contributed by atoms with Crippen LogP contribution in [0.25, 0.3) is 11.0 Å². The van der Waals surface area contributed by atoms with Crippen molar-refractivity contribution in [3.05, 3.63) is 29.0 Å². The van der Waals surface area contributed by atoms with Gasteiger partial charge in [-0.2, -0.15) is 0 Å². The van der Waals surface area contributed by atoms with Crippen molar-refractivity contribution in [3.63, 3.8) is 0 Å². The van der Waals surface area contributed by atoms with E-state index in [1.54, 1.807) is 0 Å².